The molecular formula is C17H18N4O4S. The molecule has 1 amide bonds. The van der Waals surface area contributed by atoms with E-state index in [4.69, 9.17) is 0 Å². The maximum absolute atomic E-state index is 12.4. The Morgan fingerprint density at radius 2 is 2.27 bits per heavy atom. The van der Waals surface area contributed by atoms with Gasteiger partial charge >= 0.3 is 5.97 Å². The number of nitrogens with zero attached hydrogens (tertiary/aromatic N) is 2. The number of aliphatic carboxylic acids is 1. The largest absolute Gasteiger partial charge is 0.479 e. The van der Waals surface area contributed by atoms with Crippen molar-refractivity contribution in [2.45, 2.75) is 25.3 Å². The molecule has 3 rings (SSSR count). The fourth-order valence-corrected chi connectivity index (χ4v) is 4.14. The zero-order valence-corrected chi connectivity index (χ0v) is 14.9. The Balaban J connectivity index is 1.81. The minimum absolute atomic E-state index is 0.221. The number of hydrogen-bond acceptors (Lipinski definition) is 6. The number of rotatable bonds is 5. The van der Waals surface area contributed by atoms with Gasteiger partial charge in [0.2, 0.25) is 5.91 Å². The third kappa shape index (κ3) is 3.62. The maximum Gasteiger partial charge on any atom is 0.330 e. The van der Waals surface area contributed by atoms with Crippen LogP contribution in [0.1, 0.15) is 17.7 Å². The van der Waals surface area contributed by atoms with Crippen molar-refractivity contribution < 1.29 is 14.7 Å². The molecule has 0 saturated carbocycles. The first-order valence-electron chi connectivity index (χ1n) is 8.04. The van der Waals surface area contributed by atoms with Crippen LogP contribution in [0.5, 0.6) is 0 Å². The number of thioether (sulfide) groups is 1. The first-order valence-corrected chi connectivity index (χ1v) is 9.19. The molecule has 2 aromatic rings. The van der Waals surface area contributed by atoms with Crippen LogP contribution >= 0.6 is 11.8 Å². The number of carbonyl (C=O) groups excluding carboxylic acids is 1. The van der Waals surface area contributed by atoms with Crippen molar-refractivity contribution in [2.75, 3.05) is 11.5 Å². The lowest BCUT2D eigenvalue weighted by Gasteiger charge is -2.24. The van der Waals surface area contributed by atoms with E-state index in [2.05, 4.69) is 20.3 Å². The van der Waals surface area contributed by atoms with Gasteiger partial charge in [-0.1, -0.05) is 0 Å². The van der Waals surface area contributed by atoms with Gasteiger partial charge in [-0.25, -0.2) is 9.78 Å². The van der Waals surface area contributed by atoms with Crippen molar-refractivity contribution in [3.8, 4) is 11.4 Å². The van der Waals surface area contributed by atoms with E-state index < -0.39 is 23.0 Å². The van der Waals surface area contributed by atoms with E-state index in [0.717, 1.165) is 0 Å². The van der Waals surface area contributed by atoms with Crippen molar-refractivity contribution in [1.82, 2.24) is 20.3 Å². The zero-order chi connectivity index (χ0) is 18.7. The number of pyridine rings is 1. The predicted molar refractivity (Wildman–Crippen MR) is 97.0 cm³/mol. The fourth-order valence-electron chi connectivity index (χ4n) is 2.82. The van der Waals surface area contributed by atoms with Crippen molar-refractivity contribution in [2.24, 2.45) is 0 Å². The van der Waals surface area contributed by atoms with E-state index in [1.54, 1.807) is 31.5 Å². The molecule has 3 N–H and O–H groups in total. The third-order valence-corrected chi connectivity index (χ3v) is 5.49. The summed E-state index contributed by atoms with van der Waals surface area (Å²) < 4.78 is 0. The lowest BCUT2D eigenvalue weighted by Crippen LogP contribution is -2.55. The molecule has 0 spiro atoms. The molecule has 136 valence electrons. The smallest absolute Gasteiger partial charge is 0.330 e. The van der Waals surface area contributed by atoms with Gasteiger partial charge in [0.05, 0.1) is 6.42 Å². The summed E-state index contributed by atoms with van der Waals surface area (Å²) in [6, 6.07) is 3.50. The quantitative estimate of drug-likeness (QED) is 0.705. The molecule has 0 radical (unpaired) electrons. The molecule has 1 unspecified atom stereocenters. The molecule has 0 bridgehead atoms. The second kappa shape index (κ2) is 7.28. The summed E-state index contributed by atoms with van der Waals surface area (Å²) in [7, 11) is 0. The van der Waals surface area contributed by atoms with Crippen LogP contribution in [0.4, 0.5) is 0 Å². The van der Waals surface area contributed by atoms with Gasteiger partial charge in [0.25, 0.3) is 5.56 Å². The van der Waals surface area contributed by atoms with E-state index >= 15 is 0 Å². The molecule has 26 heavy (non-hydrogen) atoms. The van der Waals surface area contributed by atoms with Gasteiger partial charge in [-0.2, -0.15) is 11.8 Å². The van der Waals surface area contributed by atoms with E-state index in [-0.39, 0.29) is 12.0 Å². The van der Waals surface area contributed by atoms with Crippen molar-refractivity contribution in [1.29, 1.82) is 0 Å². The molecule has 1 saturated heterocycles. The number of aromatic nitrogens is 3. The van der Waals surface area contributed by atoms with Crippen LogP contribution in [0, 0.1) is 6.92 Å². The summed E-state index contributed by atoms with van der Waals surface area (Å²) in [4.78, 5) is 47.3. The van der Waals surface area contributed by atoms with Crippen LogP contribution in [0.2, 0.25) is 0 Å². The summed E-state index contributed by atoms with van der Waals surface area (Å²) in [5.74, 6) is -0.181. The monoisotopic (exact) mass is 374 g/mol. The van der Waals surface area contributed by atoms with Gasteiger partial charge < -0.3 is 15.4 Å². The first-order chi connectivity index (χ1) is 12.4. The Morgan fingerprint density at radius 1 is 1.46 bits per heavy atom. The highest BCUT2D eigenvalue weighted by Gasteiger charge is 2.43. The molecule has 3 heterocycles. The molecule has 0 aromatic carbocycles. The minimum atomic E-state index is -1.26. The molecule has 9 heteroatoms. The average Bonchev–Trinajstić information content (AvgIpc) is 3.08. The average molecular weight is 374 g/mol. The van der Waals surface area contributed by atoms with Gasteiger partial charge in [0, 0.05) is 35.0 Å². The van der Waals surface area contributed by atoms with Crippen LogP contribution in [0.25, 0.3) is 11.4 Å². The fraction of sp³-hybridized carbons (Fsp3) is 0.353. The summed E-state index contributed by atoms with van der Waals surface area (Å²) in [6.07, 6.45) is 3.35. The number of hydrogen-bond donors (Lipinski definition) is 3. The SMILES string of the molecule is Cc1nc(-c2cccnc2)[nH]c(=O)c1CC(=O)NC1(C(=O)O)CCSC1. The number of H-pyrrole nitrogens is 1. The van der Waals surface area contributed by atoms with Crippen molar-refractivity contribution >= 4 is 23.6 Å². The first kappa shape index (κ1) is 18.1. The minimum Gasteiger partial charge on any atom is -0.479 e. The highest BCUT2D eigenvalue weighted by atomic mass is 32.2. The number of nitrogens with one attached hydrogen (secondary N) is 2. The number of carboxylic acids is 1. The van der Waals surface area contributed by atoms with Gasteiger partial charge in [-0.3, -0.25) is 14.6 Å². The molecule has 1 atom stereocenters. The predicted octanol–water partition coefficient (Wildman–Crippen LogP) is 0.759. The molecule has 1 fully saturated rings. The topological polar surface area (TPSA) is 125 Å². The summed E-state index contributed by atoms with van der Waals surface area (Å²) in [5, 5.41) is 12.0. The Kier molecular flexibility index (Phi) is 5.08. The van der Waals surface area contributed by atoms with Crippen molar-refractivity contribution in [3.63, 3.8) is 0 Å². The summed E-state index contributed by atoms with van der Waals surface area (Å²) in [5.41, 5.74) is -0.367. The van der Waals surface area contributed by atoms with E-state index in [1.807, 2.05) is 0 Å². The second-order valence-electron chi connectivity index (χ2n) is 6.13. The van der Waals surface area contributed by atoms with Crippen LogP contribution in [-0.4, -0.2) is 49.0 Å². The maximum atomic E-state index is 12.4. The van der Waals surface area contributed by atoms with Gasteiger partial charge in [-0.15, -0.1) is 0 Å². The number of carboxylic acid groups (broad SMARTS) is 1. The highest BCUT2D eigenvalue weighted by molar-refractivity contribution is 7.99. The Bertz CT molecular complexity index is 891. The van der Waals surface area contributed by atoms with Gasteiger partial charge in [0.15, 0.2) is 0 Å². The van der Waals surface area contributed by atoms with Gasteiger partial charge in [0.1, 0.15) is 11.4 Å². The number of amides is 1. The standard InChI is InChI=1S/C17H18N4O4S/c1-10-12(7-13(22)21-17(16(24)25)4-6-26-9-17)15(23)20-14(19-10)11-3-2-5-18-8-11/h2-3,5,8H,4,6-7,9H2,1H3,(H,21,22)(H,24,25)(H,19,20,23). The third-order valence-electron chi connectivity index (χ3n) is 4.30. The second-order valence-corrected chi connectivity index (χ2v) is 7.24. The number of carbonyl (C=O) groups is 2. The molecule has 1 aliphatic rings. The zero-order valence-electron chi connectivity index (χ0n) is 14.1. The Hall–Kier alpha value is -2.68. The molecule has 2 aromatic heterocycles. The molecule has 1 aliphatic heterocycles. The molecule has 8 nitrogen and oxygen atoms in total. The Morgan fingerprint density at radius 3 is 2.85 bits per heavy atom. The summed E-state index contributed by atoms with van der Waals surface area (Å²) in [6.45, 7) is 1.65. The molecule has 0 aliphatic carbocycles. The lowest BCUT2D eigenvalue weighted by molar-refractivity contribution is -0.146. The normalized spacial score (nSPS) is 19.3. The number of aryl methyl sites for hydroxylation is 1. The van der Waals surface area contributed by atoms with Crippen LogP contribution in [-0.2, 0) is 16.0 Å². The van der Waals surface area contributed by atoms with Gasteiger partial charge in [-0.05, 0) is 31.2 Å². The van der Waals surface area contributed by atoms with E-state index in [1.165, 1.54) is 11.8 Å². The summed E-state index contributed by atoms with van der Waals surface area (Å²) >= 11 is 1.48. The van der Waals surface area contributed by atoms with Crippen LogP contribution < -0.4 is 10.9 Å². The van der Waals surface area contributed by atoms with E-state index in [0.29, 0.717) is 35.0 Å². The van der Waals surface area contributed by atoms with E-state index in [9.17, 15) is 19.5 Å². The van der Waals surface area contributed by atoms with Crippen molar-refractivity contribution in [3.05, 3.63) is 46.1 Å². The molecular weight excluding hydrogens is 356 g/mol. The Labute approximate surface area is 153 Å². The van der Waals surface area contributed by atoms with Crippen LogP contribution in [0.3, 0.4) is 0 Å². The van der Waals surface area contributed by atoms with Crippen LogP contribution in [0.15, 0.2) is 29.3 Å². The number of aromatic amines is 1. The highest BCUT2D eigenvalue weighted by Crippen LogP contribution is 2.28. The lowest BCUT2D eigenvalue weighted by atomic mass is 9.98.